The van der Waals surface area contributed by atoms with Gasteiger partial charge in [-0.3, -0.25) is 5.32 Å². The number of hydrogen-bond acceptors (Lipinski definition) is 4. The van der Waals surface area contributed by atoms with Crippen LogP contribution in [0.2, 0.25) is 0 Å². The van der Waals surface area contributed by atoms with E-state index in [-0.39, 0.29) is 6.61 Å². The van der Waals surface area contributed by atoms with Gasteiger partial charge >= 0.3 is 5.97 Å². The molecule has 1 heterocycles. The summed E-state index contributed by atoms with van der Waals surface area (Å²) < 4.78 is 5.53. The second kappa shape index (κ2) is 7.02. The number of hydrogen-bond donors (Lipinski definition) is 2. The van der Waals surface area contributed by atoms with E-state index < -0.39 is 11.5 Å². The third-order valence-electron chi connectivity index (χ3n) is 4.17. The van der Waals surface area contributed by atoms with Crippen LogP contribution in [0.4, 0.5) is 0 Å². The van der Waals surface area contributed by atoms with Crippen LogP contribution in [0, 0.1) is 0 Å². The highest BCUT2D eigenvalue weighted by atomic mass is 16.5. The summed E-state index contributed by atoms with van der Waals surface area (Å²) >= 11 is 0. The SMILES string of the molecule is CCN(CC)CCNC1(C(=O)O)COCc2ccccc21. The van der Waals surface area contributed by atoms with E-state index in [9.17, 15) is 9.90 Å². The zero-order valence-electron chi connectivity index (χ0n) is 12.8. The highest BCUT2D eigenvalue weighted by Gasteiger charge is 2.44. The Morgan fingerprint density at radius 1 is 1.38 bits per heavy atom. The molecule has 1 unspecified atom stereocenters. The number of carboxylic acid groups (broad SMARTS) is 1. The fraction of sp³-hybridized carbons (Fsp3) is 0.562. The number of benzene rings is 1. The Morgan fingerprint density at radius 3 is 2.76 bits per heavy atom. The summed E-state index contributed by atoms with van der Waals surface area (Å²) in [6.07, 6.45) is 0. The summed E-state index contributed by atoms with van der Waals surface area (Å²) in [5.41, 5.74) is 0.631. The predicted octanol–water partition coefficient (Wildman–Crippen LogP) is 1.43. The highest BCUT2D eigenvalue weighted by Crippen LogP contribution is 2.30. The summed E-state index contributed by atoms with van der Waals surface area (Å²) in [4.78, 5) is 14.2. The molecule has 1 aliphatic rings. The van der Waals surface area contributed by atoms with E-state index in [1.165, 1.54) is 0 Å². The van der Waals surface area contributed by atoms with Crippen molar-refractivity contribution in [2.75, 3.05) is 32.8 Å². The first kappa shape index (κ1) is 15.9. The van der Waals surface area contributed by atoms with Gasteiger partial charge in [0.05, 0.1) is 13.2 Å². The second-order valence-electron chi connectivity index (χ2n) is 5.31. The molecule has 1 aliphatic heterocycles. The Hall–Kier alpha value is -1.43. The average Bonchev–Trinajstić information content (AvgIpc) is 2.51. The zero-order chi connectivity index (χ0) is 15.3. The molecule has 0 amide bonds. The lowest BCUT2D eigenvalue weighted by atomic mass is 9.85. The summed E-state index contributed by atoms with van der Waals surface area (Å²) in [7, 11) is 0. The Balaban J connectivity index is 2.17. The molecule has 0 aliphatic carbocycles. The molecule has 0 radical (unpaired) electrons. The van der Waals surface area contributed by atoms with Crippen molar-refractivity contribution in [1.82, 2.24) is 10.2 Å². The van der Waals surface area contributed by atoms with Crippen LogP contribution in [0.1, 0.15) is 25.0 Å². The molecule has 1 atom stereocenters. The molecule has 5 nitrogen and oxygen atoms in total. The van der Waals surface area contributed by atoms with Gasteiger partial charge in [-0.15, -0.1) is 0 Å². The molecular weight excluding hydrogens is 268 g/mol. The van der Waals surface area contributed by atoms with Crippen LogP contribution < -0.4 is 5.32 Å². The molecule has 0 fully saturated rings. The number of rotatable bonds is 7. The van der Waals surface area contributed by atoms with Crippen LogP contribution in [0.3, 0.4) is 0 Å². The molecule has 0 saturated carbocycles. The van der Waals surface area contributed by atoms with Gasteiger partial charge < -0.3 is 14.7 Å². The zero-order valence-corrected chi connectivity index (χ0v) is 12.8. The third-order valence-corrected chi connectivity index (χ3v) is 4.17. The quantitative estimate of drug-likeness (QED) is 0.796. The van der Waals surface area contributed by atoms with Gasteiger partial charge in [0.2, 0.25) is 0 Å². The lowest BCUT2D eigenvalue weighted by Gasteiger charge is -2.36. The smallest absolute Gasteiger partial charge is 0.331 e. The molecule has 0 saturated heterocycles. The fourth-order valence-corrected chi connectivity index (χ4v) is 2.82. The fourth-order valence-electron chi connectivity index (χ4n) is 2.82. The first-order valence-electron chi connectivity index (χ1n) is 7.51. The summed E-state index contributed by atoms with van der Waals surface area (Å²) in [5.74, 6) is -0.880. The van der Waals surface area contributed by atoms with E-state index in [0.717, 1.165) is 30.8 Å². The van der Waals surface area contributed by atoms with Crippen molar-refractivity contribution < 1.29 is 14.6 Å². The van der Waals surface area contributed by atoms with Gasteiger partial charge in [0.1, 0.15) is 0 Å². The van der Waals surface area contributed by atoms with Gasteiger partial charge in [0, 0.05) is 13.1 Å². The van der Waals surface area contributed by atoms with Crippen molar-refractivity contribution in [3.05, 3.63) is 35.4 Å². The van der Waals surface area contributed by atoms with Crippen molar-refractivity contribution in [3.8, 4) is 0 Å². The number of likely N-dealkylation sites (N-methyl/N-ethyl adjacent to an activating group) is 1. The predicted molar refractivity (Wildman–Crippen MR) is 81.2 cm³/mol. The standard InChI is InChI=1S/C16H24N2O3/c1-3-18(4-2)10-9-17-16(15(19)20)12-21-11-13-7-5-6-8-14(13)16/h5-8,17H,3-4,9-12H2,1-2H3,(H,19,20). The third kappa shape index (κ3) is 3.26. The van der Waals surface area contributed by atoms with Crippen molar-refractivity contribution in [2.24, 2.45) is 0 Å². The molecule has 0 bridgehead atoms. The minimum Gasteiger partial charge on any atom is -0.480 e. The number of carboxylic acids is 1. The van der Waals surface area contributed by atoms with Crippen LogP contribution in [0.25, 0.3) is 0 Å². The van der Waals surface area contributed by atoms with E-state index >= 15 is 0 Å². The van der Waals surface area contributed by atoms with Crippen LogP contribution >= 0.6 is 0 Å². The Morgan fingerprint density at radius 2 is 2.10 bits per heavy atom. The lowest BCUT2D eigenvalue weighted by molar-refractivity contribution is -0.150. The van der Waals surface area contributed by atoms with Gasteiger partial charge in [-0.2, -0.15) is 0 Å². The van der Waals surface area contributed by atoms with E-state index in [1.54, 1.807) is 0 Å². The van der Waals surface area contributed by atoms with Crippen molar-refractivity contribution in [1.29, 1.82) is 0 Å². The topological polar surface area (TPSA) is 61.8 Å². The minimum absolute atomic E-state index is 0.164. The van der Waals surface area contributed by atoms with Crippen LogP contribution in [-0.2, 0) is 21.7 Å². The molecule has 1 aromatic carbocycles. The molecule has 0 aromatic heterocycles. The Kier molecular flexibility index (Phi) is 5.33. The number of fused-ring (bicyclic) bond motifs is 1. The minimum atomic E-state index is -1.14. The molecule has 2 rings (SSSR count). The maximum atomic E-state index is 11.9. The molecule has 21 heavy (non-hydrogen) atoms. The van der Waals surface area contributed by atoms with Crippen LogP contribution in [0.15, 0.2) is 24.3 Å². The van der Waals surface area contributed by atoms with Gasteiger partial charge in [0.25, 0.3) is 0 Å². The van der Waals surface area contributed by atoms with Gasteiger partial charge in [-0.05, 0) is 24.2 Å². The molecule has 116 valence electrons. The van der Waals surface area contributed by atoms with Crippen molar-refractivity contribution in [3.63, 3.8) is 0 Å². The van der Waals surface area contributed by atoms with Gasteiger partial charge in [-0.25, -0.2) is 4.79 Å². The number of nitrogens with zero attached hydrogens (tertiary/aromatic N) is 1. The normalized spacial score (nSPS) is 21.3. The summed E-state index contributed by atoms with van der Waals surface area (Å²) in [6.45, 7) is 8.22. The number of carbonyl (C=O) groups is 1. The van der Waals surface area contributed by atoms with Crippen molar-refractivity contribution >= 4 is 5.97 Å². The summed E-state index contributed by atoms with van der Waals surface area (Å²) in [6, 6.07) is 7.61. The average molecular weight is 292 g/mol. The molecular formula is C16H24N2O3. The number of nitrogens with one attached hydrogen (secondary N) is 1. The molecule has 0 spiro atoms. The Labute approximate surface area is 125 Å². The van der Waals surface area contributed by atoms with E-state index in [0.29, 0.717) is 13.2 Å². The van der Waals surface area contributed by atoms with Gasteiger partial charge in [-0.1, -0.05) is 38.1 Å². The molecule has 5 heteroatoms. The maximum absolute atomic E-state index is 11.9. The number of ether oxygens (including phenoxy) is 1. The van der Waals surface area contributed by atoms with E-state index in [1.807, 2.05) is 24.3 Å². The largest absolute Gasteiger partial charge is 0.480 e. The van der Waals surface area contributed by atoms with Crippen molar-refractivity contribution in [2.45, 2.75) is 26.0 Å². The maximum Gasteiger partial charge on any atom is 0.331 e. The first-order chi connectivity index (χ1) is 10.1. The second-order valence-corrected chi connectivity index (χ2v) is 5.31. The summed E-state index contributed by atoms with van der Waals surface area (Å²) in [5, 5.41) is 13.0. The molecule has 2 N–H and O–H groups in total. The van der Waals surface area contributed by atoms with Crippen LogP contribution in [-0.4, -0.2) is 48.8 Å². The highest BCUT2D eigenvalue weighted by molar-refractivity contribution is 5.82. The van der Waals surface area contributed by atoms with Gasteiger partial charge in [0.15, 0.2) is 5.54 Å². The lowest BCUT2D eigenvalue weighted by Crippen LogP contribution is -2.56. The van der Waals surface area contributed by atoms with Crippen LogP contribution in [0.5, 0.6) is 0 Å². The monoisotopic (exact) mass is 292 g/mol. The number of aliphatic carboxylic acids is 1. The Bertz CT molecular complexity index is 488. The van der Waals surface area contributed by atoms with E-state index in [2.05, 4.69) is 24.1 Å². The molecule has 1 aromatic rings. The first-order valence-corrected chi connectivity index (χ1v) is 7.51. The van der Waals surface area contributed by atoms with E-state index in [4.69, 9.17) is 4.74 Å².